The Hall–Kier alpha value is -1.16. The molecule has 0 bridgehead atoms. The predicted molar refractivity (Wildman–Crippen MR) is 90.4 cm³/mol. The number of hydrogen-bond donors (Lipinski definition) is 1. The van der Waals surface area contributed by atoms with Crippen LogP contribution in [0.5, 0.6) is 0 Å². The van der Waals surface area contributed by atoms with Crippen LogP contribution in [-0.4, -0.2) is 18.0 Å². The van der Waals surface area contributed by atoms with E-state index >= 15 is 0 Å². The van der Waals surface area contributed by atoms with Gasteiger partial charge in [-0.2, -0.15) is 0 Å². The van der Waals surface area contributed by atoms with Crippen LogP contribution in [0.25, 0.3) is 0 Å². The molecule has 1 aliphatic rings. The zero-order valence-corrected chi connectivity index (χ0v) is 13.4. The SMILES string of the molecule is c1csc(CNCc2ccc(CN3CCCCC3)cc2)c1. The summed E-state index contributed by atoms with van der Waals surface area (Å²) >= 11 is 1.81. The molecule has 112 valence electrons. The Bertz CT molecular complexity index is 513. The van der Waals surface area contributed by atoms with Gasteiger partial charge in [-0.15, -0.1) is 11.3 Å². The Balaban J connectivity index is 1.44. The molecule has 2 aromatic rings. The molecule has 21 heavy (non-hydrogen) atoms. The van der Waals surface area contributed by atoms with Gasteiger partial charge in [0.15, 0.2) is 0 Å². The molecule has 1 saturated heterocycles. The fraction of sp³-hybridized carbons (Fsp3) is 0.444. The highest BCUT2D eigenvalue weighted by Gasteiger charge is 2.10. The van der Waals surface area contributed by atoms with Crippen LogP contribution >= 0.6 is 11.3 Å². The Morgan fingerprint density at radius 3 is 2.38 bits per heavy atom. The van der Waals surface area contributed by atoms with Gasteiger partial charge >= 0.3 is 0 Å². The molecule has 0 spiro atoms. The summed E-state index contributed by atoms with van der Waals surface area (Å²) in [6.07, 6.45) is 4.14. The van der Waals surface area contributed by atoms with Crippen molar-refractivity contribution in [1.82, 2.24) is 10.2 Å². The standard InChI is InChI=1S/C18H24N2S/c1-2-10-20(11-3-1)15-17-8-6-16(7-9-17)13-19-14-18-5-4-12-21-18/h4-9,12,19H,1-3,10-11,13-15H2. The minimum Gasteiger partial charge on any atom is -0.308 e. The van der Waals surface area contributed by atoms with E-state index in [4.69, 9.17) is 0 Å². The average Bonchev–Trinajstić information content (AvgIpc) is 3.03. The second-order valence-corrected chi connectivity index (χ2v) is 6.87. The number of likely N-dealkylation sites (tertiary alicyclic amines) is 1. The van der Waals surface area contributed by atoms with Gasteiger partial charge in [0.2, 0.25) is 0 Å². The van der Waals surface area contributed by atoms with Crippen molar-refractivity contribution in [2.24, 2.45) is 0 Å². The highest BCUT2D eigenvalue weighted by Crippen LogP contribution is 2.14. The largest absolute Gasteiger partial charge is 0.308 e. The fourth-order valence-electron chi connectivity index (χ4n) is 2.88. The summed E-state index contributed by atoms with van der Waals surface area (Å²) in [4.78, 5) is 3.98. The lowest BCUT2D eigenvalue weighted by Crippen LogP contribution is -2.29. The van der Waals surface area contributed by atoms with Crippen LogP contribution in [0.2, 0.25) is 0 Å². The van der Waals surface area contributed by atoms with Crippen LogP contribution < -0.4 is 5.32 Å². The summed E-state index contributed by atoms with van der Waals surface area (Å²) in [6.45, 7) is 5.56. The summed E-state index contributed by atoms with van der Waals surface area (Å²) in [5.74, 6) is 0. The highest BCUT2D eigenvalue weighted by atomic mass is 32.1. The zero-order chi connectivity index (χ0) is 14.3. The van der Waals surface area contributed by atoms with Gasteiger partial charge in [-0.3, -0.25) is 4.90 Å². The van der Waals surface area contributed by atoms with E-state index in [-0.39, 0.29) is 0 Å². The van der Waals surface area contributed by atoms with Gasteiger partial charge in [-0.05, 0) is 48.5 Å². The van der Waals surface area contributed by atoms with Crippen molar-refractivity contribution in [3.05, 3.63) is 57.8 Å². The van der Waals surface area contributed by atoms with Crippen molar-refractivity contribution >= 4 is 11.3 Å². The number of nitrogens with one attached hydrogen (secondary N) is 1. The van der Waals surface area contributed by atoms with Crippen LogP contribution in [0, 0.1) is 0 Å². The number of hydrogen-bond acceptors (Lipinski definition) is 3. The number of thiophene rings is 1. The first-order valence-electron chi connectivity index (χ1n) is 7.93. The van der Waals surface area contributed by atoms with E-state index in [1.165, 1.54) is 48.4 Å². The molecule has 0 amide bonds. The van der Waals surface area contributed by atoms with E-state index in [2.05, 4.69) is 52.0 Å². The van der Waals surface area contributed by atoms with Gasteiger partial charge < -0.3 is 5.32 Å². The molecule has 1 aromatic heterocycles. The Labute approximate surface area is 131 Å². The van der Waals surface area contributed by atoms with Crippen molar-refractivity contribution in [2.45, 2.75) is 38.9 Å². The third kappa shape index (κ3) is 4.67. The third-order valence-corrected chi connectivity index (χ3v) is 4.96. The first-order chi connectivity index (χ1) is 10.4. The van der Waals surface area contributed by atoms with Crippen LogP contribution in [0.4, 0.5) is 0 Å². The Morgan fingerprint density at radius 1 is 0.905 bits per heavy atom. The van der Waals surface area contributed by atoms with Gasteiger partial charge in [0.25, 0.3) is 0 Å². The summed E-state index contributed by atoms with van der Waals surface area (Å²) < 4.78 is 0. The molecule has 1 N–H and O–H groups in total. The molecular weight excluding hydrogens is 276 g/mol. The Kier molecular flexibility index (Phi) is 5.44. The molecule has 3 heteroatoms. The van der Waals surface area contributed by atoms with E-state index in [1.807, 2.05) is 11.3 Å². The first-order valence-corrected chi connectivity index (χ1v) is 8.81. The molecule has 1 aromatic carbocycles. The lowest BCUT2D eigenvalue weighted by Gasteiger charge is -2.26. The molecule has 0 aliphatic carbocycles. The third-order valence-electron chi connectivity index (χ3n) is 4.09. The van der Waals surface area contributed by atoms with Crippen LogP contribution in [0.1, 0.15) is 35.3 Å². The average molecular weight is 300 g/mol. The molecule has 0 atom stereocenters. The van der Waals surface area contributed by atoms with E-state index in [9.17, 15) is 0 Å². The second-order valence-electron chi connectivity index (χ2n) is 5.84. The van der Waals surface area contributed by atoms with Crippen LogP contribution in [0.15, 0.2) is 41.8 Å². The van der Waals surface area contributed by atoms with Gasteiger partial charge in [-0.1, -0.05) is 36.8 Å². The second kappa shape index (κ2) is 7.74. The summed E-state index contributed by atoms with van der Waals surface area (Å²) in [5, 5.41) is 5.64. The van der Waals surface area contributed by atoms with Crippen molar-refractivity contribution in [2.75, 3.05) is 13.1 Å². The summed E-state index contributed by atoms with van der Waals surface area (Å²) in [5.41, 5.74) is 2.81. The lowest BCUT2D eigenvalue weighted by molar-refractivity contribution is 0.221. The van der Waals surface area contributed by atoms with E-state index < -0.39 is 0 Å². The first kappa shape index (κ1) is 14.8. The lowest BCUT2D eigenvalue weighted by atomic mass is 10.1. The van der Waals surface area contributed by atoms with Gasteiger partial charge in [-0.25, -0.2) is 0 Å². The molecule has 0 radical (unpaired) electrons. The fourth-order valence-corrected chi connectivity index (χ4v) is 3.56. The maximum atomic E-state index is 3.50. The van der Waals surface area contributed by atoms with E-state index in [0.717, 1.165) is 19.6 Å². The quantitative estimate of drug-likeness (QED) is 0.866. The number of nitrogens with zero attached hydrogens (tertiary/aromatic N) is 1. The molecule has 0 unspecified atom stereocenters. The zero-order valence-electron chi connectivity index (χ0n) is 12.6. The van der Waals surface area contributed by atoms with Gasteiger partial charge in [0.05, 0.1) is 0 Å². The van der Waals surface area contributed by atoms with Crippen molar-refractivity contribution in [3.63, 3.8) is 0 Å². The minimum absolute atomic E-state index is 0.946. The molecular formula is C18H24N2S. The normalized spacial score (nSPS) is 16.2. The molecule has 2 heterocycles. The van der Waals surface area contributed by atoms with Gasteiger partial charge in [0, 0.05) is 24.5 Å². The monoisotopic (exact) mass is 300 g/mol. The predicted octanol–water partition coefficient (Wildman–Crippen LogP) is 4.02. The minimum atomic E-state index is 0.946. The number of piperidine rings is 1. The van der Waals surface area contributed by atoms with Crippen molar-refractivity contribution in [3.8, 4) is 0 Å². The van der Waals surface area contributed by atoms with E-state index in [1.54, 1.807) is 0 Å². The van der Waals surface area contributed by atoms with Gasteiger partial charge in [0.1, 0.15) is 0 Å². The van der Waals surface area contributed by atoms with E-state index in [0.29, 0.717) is 0 Å². The van der Waals surface area contributed by atoms with Crippen LogP contribution in [0.3, 0.4) is 0 Å². The maximum Gasteiger partial charge on any atom is 0.0302 e. The van der Waals surface area contributed by atoms with Crippen LogP contribution in [-0.2, 0) is 19.6 Å². The number of benzene rings is 1. The maximum absolute atomic E-state index is 3.50. The molecule has 0 saturated carbocycles. The van der Waals surface area contributed by atoms with Crippen molar-refractivity contribution < 1.29 is 0 Å². The highest BCUT2D eigenvalue weighted by molar-refractivity contribution is 7.09. The Morgan fingerprint density at radius 2 is 1.67 bits per heavy atom. The summed E-state index contributed by atoms with van der Waals surface area (Å²) in [6, 6.07) is 13.4. The summed E-state index contributed by atoms with van der Waals surface area (Å²) in [7, 11) is 0. The molecule has 1 fully saturated rings. The smallest absolute Gasteiger partial charge is 0.0302 e. The van der Waals surface area contributed by atoms with Crippen molar-refractivity contribution in [1.29, 1.82) is 0 Å². The molecule has 3 rings (SSSR count). The molecule has 1 aliphatic heterocycles. The number of rotatable bonds is 6. The molecule has 2 nitrogen and oxygen atoms in total. The topological polar surface area (TPSA) is 15.3 Å².